The Kier molecular flexibility index (Phi) is 11.0. The van der Waals surface area contributed by atoms with Crippen LogP contribution >= 0.6 is 0 Å². The van der Waals surface area contributed by atoms with Crippen LogP contribution in [0.15, 0.2) is 18.2 Å². The van der Waals surface area contributed by atoms with E-state index in [9.17, 15) is 14.3 Å². The molecule has 37 heavy (non-hydrogen) atoms. The zero-order chi connectivity index (χ0) is 26.0. The lowest BCUT2D eigenvalue weighted by molar-refractivity contribution is -0.136. The molecule has 3 aliphatic rings. The Hall–Kier alpha value is -1.74. The summed E-state index contributed by atoms with van der Waals surface area (Å²) in [6.07, 6.45) is 8.20. The molecule has 0 radical (unpaired) electrons. The van der Waals surface area contributed by atoms with Crippen molar-refractivity contribution >= 4 is 5.91 Å². The highest BCUT2D eigenvalue weighted by molar-refractivity contribution is 5.79. The van der Waals surface area contributed by atoms with Gasteiger partial charge < -0.3 is 30.5 Å². The van der Waals surface area contributed by atoms with Gasteiger partial charge in [-0.3, -0.25) is 4.79 Å². The van der Waals surface area contributed by atoms with E-state index in [-0.39, 0.29) is 24.8 Å². The number of likely N-dealkylation sites (tertiary alicyclic amines) is 1. The van der Waals surface area contributed by atoms with Gasteiger partial charge in [-0.2, -0.15) is 0 Å². The molecule has 1 aromatic carbocycles. The number of aliphatic hydroxyl groups is 2. The van der Waals surface area contributed by atoms with Crippen molar-refractivity contribution < 1.29 is 24.1 Å². The first-order chi connectivity index (χ1) is 18.0. The minimum absolute atomic E-state index is 0.0323. The molecule has 1 amide bonds. The number of amides is 1. The van der Waals surface area contributed by atoms with Crippen LogP contribution in [0.1, 0.15) is 56.9 Å². The van der Waals surface area contributed by atoms with E-state index < -0.39 is 6.10 Å². The molecule has 7 nitrogen and oxygen atoms in total. The Balaban J connectivity index is 1.06. The maximum atomic E-state index is 14.6. The number of carbonyl (C=O) groups excluding carboxylic acids is 1. The zero-order valence-electron chi connectivity index (χ0n) is 22.2. The van der Waals surface area contributed by atoms with Gasteiger partial charge in [0.1, 0.15) is 11.6 Å². The van der Waals surface area contributed by atoms with Crippen molar-refractivity contribution in [3.05, 3.63) is 29.6 Å². The zero-order valence-corrected chi connectivity index (χ0v) is 22.2. The summed E-state index contributed by atoms with van der Waals surface area (Å²) in [5, 5.41) is 25.0. The number of halogens is 1. The van der Waals surface area contributed by atoms with Crippen molar-refractivity contribution in [3.8, 4) is 5.75 Å². The van der Waals surface area contributed by atoms with Gasteiger partial charge in [-0.05, 0) is 100 Å². The summed E-state index contributed by atoms with van der Waals surface area (Å²) in [4.78, 5) is 14.4. The fraction of sp³-hybridized carbons (Fsp3) is 0.759. The number of hydrogen-bond donors (Lipinski definition) is 4. The average molecular weight is 520 g/mol. The van der Waals surface area contributed by atoms with Gasteiger partial charge in [0, 0.05) is 31.6 Å². The molecule has 1 saturated carbocycles. The normalized spacial score (nSPS) is 23.4. The number of piperidine rings is 1. The Morgan fingerprint density at radius 2 is 1.95 bits per heavy atom. The Bertz CT molecular complexity index is 838. The molecule has 2 heterocycles. The molecule has 3 fully saturated rings. The number of hydrogen-bond acceptors (Lipinski definition) is 6. The quantitative estimate of drug-likeness (QED) is 0.266. The number of carbonyl (C=O) groups is 1. The van der Waals surface area contributed by atoms with Crippen molar-refractivity contribution in [3.63, 3.8) is 0 Å². The Morgan fingerprint density at radius 1 is 1.16 bits per heavy atom. The van der Waals surface area contributed by atoms with Gasteiger partial charge in [0.25, 0.3) is 0 Å². The second-order valence-electron chi connectivity index (χ2n) is 11.5. The van der Waals surface area contributed by atoms with Crippen LogP contribution < -0.4 is 15.4 Å². The molecule has 2 saturated heterocycles. The number of ether oxygens (including phenoxy) is 1. The molecule has 4 rings (SSSR count). The minimum atomic E-state index is -0.617. The van der Waals surface area contributed by atoms with Crippen molar-refractivity contribution in [1.82, 2.24) is 15.5 Å². The van der Waals surface area contributed by atoms with Crippen LogP contribution in [0.4, 0.5) is 4.39 Å². The summed E-state index contributed by atoms with van der Waals surface area (Å²) in [5.41, 5.74) is 0.424. The standard InChI is InChI=1S/C29H46FN3O4/c30-28-16-27(37-12-8-21-13-25(14-21)23-6-10-31-11-7-23)5-4-24(28)15-29(36)33-18-22(19-33)17-32-9-2-1-3-26(35)20-34/h4-5,16,21-23,25-26,31-32,34-35H,1-3,6-15,17-20H2/t21?,25?,26-/m0/s1. The van der Waals surface area contributed by atoms with E-state index in [0.29, 0.717) is 43.3 Å². The van der Waals surface area contributed by atoms with Crippen molar-refractivity contribution in [1.29, 1.82) is 0 Å². The molecule has 0 bridgehead atoms. The number of nitrogens with zero attached hydrogens (tertiary/aromatic N) is 1. The van der Waals surface area contributed by atoms with Crippen LogP contribution in [0.5, 0.6) is 5.75 Å². The summed E-state index contributed by atoms with van der Waals surface area (Å²) < 4.78 is 20.5. The van der Waals surface area contributed by atoms with Crippen LogP contribution in [0.3, 0.4) is 0 Å². The average Bonchev–Trinajstić information content (AvgIpc) is 2.85. The molecule has 0 spiro atoms. The number of rotatable bonds is 15. The van der Waals surface area contributed by atoms with Gasteiger partial charge in [0.15, 0.2) is 0 Å². The lowest BCUT2D eigenvalue weighted by Crippen LogP contribution is -2.53. The van der Waals surface area contributed by atoms with E-state index in [4.69, 9.17) is 9.84 Å². The first-order valence-electron chi connectivity index (χ1n) is 14.4. The highest BCUT2D eigenvalue weighted by Gasteiger charge is 2.35. The third-order valence-corrected chi connectivity index (χ3v) is 8.58. The van der Waals surface area contributed by atoms with E-state index in [2.05, 4.69) is 10.6 Å². The maximum Gasteiger partial charge on any atom is 0.227 e. The molecule has 2 aliphatic heterocycles. The van der Waals surface area contributed by atoms with Crippen LogP contribution in [-0.4, -0.2) is 79.6 Å². The molecule has 0 aromatic heterocycles. The molecule has 0 unspecified atom stereocenters. The fourth-order valence-corrected chi connectivity index (χ4v) is 6.03. The first-order valence-corrected chi connectivity index (χ1v) is 14.4. The summed E-state index contributed by atoms with van der Waals surface area (Å²) in [5.74, 6) is 3.10. The van der Waals surface area contributed by atoms with E-state index >= 15 is 0 Å². The van der Waals surface area contributed by atoms with Crippen LogP contribution in [0.25, 0.3) is 0 Å². The molecule has 1 atom stereocenters. The largest absolute Gasteiger partial charge is 0.493 e. The second-order valence-corrected chi connectivity index (χ2v) is 11.5. The van der Waals surface area contributed by atoms with Gasteiger partial charge in [0.05, 0.1) is 25.7 Å². The van der Waals surface area contributed by atoms with Gasteiger partial charge in [-0.25, -0.2) is 4.39 Å². The molecule has 1 aliphatic carbocycles. The number of unbranched alkanes of at least 4 members (excludes halogenated alkanes) is 1. The number of aliphatic hydroxyl groups excluding tert-OH is 2. The molecule has 208 valence electrons. The minimum Gasteiger partial charge on any atom is -0.493 e. The van der Waals surface area contributed by atoms with Gasteiger partial charge in [-0.15, -0.1) is 0 Å². The summed E-state index contributed by atoms with van der Waals surface area (Å²) in [7, 11) is 0. The summed E-state index contributed by atoms with van der Waals surface area (Å²) in [6.45, 7) is 5.90. The van der Waals surface area contributed by atoms with Gasteiger partial charge in [-0.1, -0.05) is 6.07 Å². The second kappa shape index (κ2) is 14.4. The maximum absolute atomic E-state index is 14.6. The molecular formula is C29H46FN3O4. The topological polar surface area (TPSA) is 94.1 Å². The van der Waals surface area contributed by atoms with Crippen molar-refractivity contribution in [2.75, 3.05) is 52.5 Å². The highest BCUT2D eigenvalue weighted by atomic mass is 19.1. The smallest absolute Gasteiger partial charge is 0.227 e. The van der Waals surface area contributed by atoms with Crippen LogP contribution in [0.2, 0.25) is 0 Å². The summed E-state index contributed by atoms with van der Waals surface area (Å²) in [6, 6.07) is 4.89. The lowest BCUT2D eigenvalue weighted by Gasteiger charge is -2.42. The van der Waals surface area contributed by atoms with E-state index in [0.717, 1.165) is 50.1 Å². The molecule has 8 heteroatoms. The van der Waals surface area contributed by atoms with Crippen LogP contribution in [0, 0.1) is 29.5 Å². The van der Waals surface area contributed by atoms with E-state index in [1.54, 1.807) is 17.0 Å². The first kappa shape index (κ1) is 28.3. The lowest BCUT2D eigenvalue weighted by atomic mass is 9.65. The molecule has 4 N–H and O–H groups in total. The van der Waals surface area contributed by atoms with Gasteiger partial charge in [0.2, 0.25) is 5.91 Å². The van der Waals surface area contributed by atoms with E-state index in [1.165, 1.54) is 44.8 Å². The Labute approximate surface area is 221 Å². The predicted octanol–water partition coefficient (Wildman–Crippen LogP) is 2.73. The van der Waals surface area contributed by atoms with Crippen molar-refractivity contribution in [2.24, 2.45) is 23.7 Å². The fourth-order valence-electron chi connectivity index (χ4n) is 6.03. The van der Waals surface area contributed by atoms with Crippen molar-refractivity contribution in [2.45, 2.75) is 63.9 Å². The van der Waals surface area contributed by atoms with E-state index in [1.807, 2.05) is 0 Å². The van der Waals surface area contributed by atoms with Gasteiger partial charge >= 0.3 is 0 Å². The number of benzene rings is 1. The SMILES string of the molecule is O=C(Cc1ccc(OCCC2CC(C3CCNCC3)C2)cc1F)N1CC(CNCCCC[C@H](O)CO)C1. The molecule has 1 aromatic rings. The Morgan fingerprint density at radius 3 is 2.68 bits per heavy atom. The summed E-state index contributed by atoms with van der Waals surface area (Å²) >= 11 is 0. The monoisotopic (exact) mass is 519 g/mol. The third kappa shape index (κ3) is 8.63. The number of nitrogens with one attached hydrogen (secondary N) is 2. The predicted molar refractivity (Wildman–Crippen MR) is 142 cm³/mol. The molecular weight excluding hydrogens is 473 g/mol. The van der Waals surface area contributed by atoms with Crippen LogP contribution in [-0.2, 0) is 11.2 Å². The third-order valence-electron chi connectivity index (χ3n) is 8.58. The highest BCUT2D eigenvalue weighted by Crippen LogP contribution is 2.43.